The first kappa shape index (κ1) is 17.4. The van der Waals surface area contributed by atoms with Crippen LogP contribution < -0.4 is 0 Å². The van der Waals surface area contributed by atoms with E-state index in [1.54, 1.807) is 7.05 Å². The summed E-state index contributed by atoms with van der Waals surface area (Å²) < 4.78 is 32.2. The fraction of sp³-hybridized carbons (Fsp3) is 0.923. The maximum atomic E-state index is 12.5. The summed E-state index contributed by atoms with van der Waals surface area (Å²) in [6.07, 6.45) is 4.28. The van der Waals surface area contributed by atoms with E-state index in [2.05, 4.69) is 11.7 Å². The van der Waals surface area contributed by atoms with E-state index in [1.165, 1.54) is 29.2 Å². The molecule has 0 aliphatic heterocycles. The first-order valence-corrected chi connectivity index (χ1v) is 8.46. The monoisotopic (exact) mass is 306 g/mol. The lowest BCUT2D eigenvalue weighted by Gasteiger charge is -2.37. The summed E-state index contributed by atoms with van der Waals surface area (Å²) >= 11 is 0. The van der Waals surface area contributed by atoms with Crippen LogP contribution in [0.15, 0.2) is 0 Å². The SMILES string of the molecule is COC(=O)CCN(C)S(=O)(=O)N(C)C1CCCCC1C. The number of rotatable bonds is 6. The van der Waals surface area contributed by atoms with Gasteiger partial charge in [-0.1, -0.05) is 19.8 Å². The molecule has 0 bridgehead atoms. The normalized spacial score (nSPS) is 24.1. The van der Waals surface area contributed by atoms with E-state index in [0.29, 0.717) is 5.92 Å². The highest BCUT2D eigenvalue weighted by atomic mass is 32.2. The van der Waals surface area contributed by atoms with Gasteiger partial charge in [-0.15, -0.1) is 0 Å². The lowest BCUT2D eigenvalue weighted by atomic mass is 9.86. The molecule has 6 nitrogen and oxygen atoms in total. The van der Waals surface area contributed by atoms with Crippen LogP contribution >= 0.6 is 0 Å². The minimum Gasteiger partial charge on any atom is -0.469 e. The average Bonchev–Trinajstić information content (AvgIpc) is 2.43. The third-order valence-corrected chi connectivity index (χ3v) is 6.12. The van der Waals surface area contributed by atoms with Gasteiger partial charge in [-0.3, -0.25) is 4.79 Å². The van der Waals surface area contributed by atoms with Crippen molar-refractivity contribution in [3.8, 4) is 0 Å². The molecule has 7 heteroatoms. The maximum Gasteiger partial charge on any atom is 0.306 e. The van der Waals surface area contributed by atoms with E-state index in [-0.39, 0.29) is 19.0 Å². The predicted molar refractivity (Wildman–Crippen MR) is 77.4 cm³/mol. The Kier molecular flexibility index (Phi) is 6.42. The fourth-order valence-corrected chi connectivity index (χ4v) is 4.11. The standard InChI is InChI=1S/C13H26N2O4S/c1-11-7-5-6-8-12(11)15(3)20(17,18)14(2)10-9-13(16)19-4/h11-12H,5-10H2,1-4H3. The summed E-state index contributed by atoms with van der Waals surface area (Å²) in [5.41, 5.74) is 0. The zero-order valence-corrected chi connectivity index (χ0v) is 13.6. The van der Waals surface area contributed by atoms with Crippen molar-refractivity contribution >= 4 is 16.2 Å². The van der Waals surface area contributed by atoms with E-state index in [9.17, 15) is 13.2 Å². The van der Waals surface area contributed by atoms with Gasteiger partial charge < -0.3 is 4.74 Å². The van der Waals surface area contributed by atoms with Gasteiger partial charge >= 0.3 is 5.97 Å². The molecular weight excluding hydrogens is 280 g/mol. The van der Waals surface area contributed by atoms with Gasteiger partial charge in [0.1, 0.15) is 0 Å². The minimum absolute atomic E-state index is 0.0503. The third kappa shape index (κ3) is 4.17. The van der Waals surface area contributed by atoms with Crippen molar-refractivity contribution in [3.05, 3.63) is 0 Å². The summed E-state index contributed by atoms with van der Waals surface area (Å²) in [4.78, 5) is 11.1. The van der Waals surface area contributed by atoms with Crippen LogP contribution in [0.5, 0.6) is 0 Å². The molecule has 2 unspecified atom stereocenters. The van der Waals surface area contributed by atoms with Crippen LogP contribution in [0, 0.1) is 5.92 Å². The Morgan fingerprint density at radius 1 is 1.25 bits per heavy atom. The Bertz CT molecular complexity index is 424. The van der Waals surface area contributed by atoms with Gasteiger partial charge in [0.05, 0.1) is 13.5 Å². The van der Waals surface area contributed by atoms with Crippen LogP contribution in [-0.4, -0.2) is 56.8 Å². The van der Waals surface area contributed by atoms with Crippen molar-refractivity contribution < 1.29 is 17.9 Å². The van der Waals surface area contributed by atoms with Gasteiger partial charge in [-0.2, -0.15) is 17.0 Å². The summed E-state index contributed by atoms with van der Waals surface area (Å²) in [6, 6.07) is 0.0503. The minimum atomic E-state index is -3.52. The van der Waals surface area contributed by atoms with E-state index < -0.39 is 16.2 Å². The molecule has 118 valence electrons. The van der Waals surface area contributed by atoms with Gasteiger partial charge in [0.2, 0.25) is 0 Å². The van der Waals surface area contributed by atoms with Crippen LogP contribution in [0.3, 0.4) is 0 Å². The highest BCUT2D eigenvalue weighted by Gasteiger charge is 2.34. The topological polar surface area (TPSA) is 66.9 Å². The Morgan fingerprint density at radius 2 is 1.85 bits per heavy atom. The molecule has 20 heavy (non-hydrogen) atoms. The number of carbonyl (C=O) groups is 1. The van der Waals surface area contributed by atoms with Gasteiger partial charge in [0.15, 0.2) is 0 Å². The molecule has 1 aliphatic rings. The Labute approximate surface area is 122 Å². The number of ether oxygens (including phenoxy) is 1. The second-order valence-corrected chi connectivity index (χ2v) is 7.60. The van der Waals surface area contributed by atoms with Gasteiger partial charge in [0, 0.05) is 26.7 Å². The van der Waals surface area contributed by atoms with Crippen molar-refractivity contribution in [2.24, 2.45) is 5.92 Å². The number of esters is 1. The van der Waals surface area contributed by atoms with E-state index >= 15 is 0 Å². The summed E-state index contributed by atoms with van der Waals surface area (Å²) in [7, 11) is 0.919. The lowest BCUT2D eigenvalue weighted by molar-refractivity contribution is -0.140. The number of hydrogen-bond donors (Lipinski definition) is 0. The quantitative estimate of drug-likeness (QED) is 0.692. The Morgan fingerprint density at radius 3 is 2.40 bits per heavy atom. The highest BCUT2D eigenvalue weighted by Crippen LogP contribution is 2.29. The maximum absolute atomic E-state index is 12.5. The van der Waals surface area contributed by atoms with Crippen LogP contribution in [0.25, 0.3) is 0 Å². The summed E-state index contributed by atoms with van der Waals surface area (Å²) in [6.45, 7) is 2.24. The molecule has 1 rings (SSSR count). The molecule has 0 radical (unpaired) electrons. The lowest BCUT2D eigenvalue weighted by Crippen LogP contribution is -2.48. The molecule has 0 saturated heterocycles. The molecule has 0 heterocycles. The highest BCUT2D eigenvalue weighted by molar-refractivity contribution is 7.86. The van der Waals surface area contributed by atoms with Crippen molar-refractivity contribution in [2.75, 3.05) is 27.7 Å². The molecule has 0 aromatic carbocycles. The predicted octanol–water partition coefficient (Wildman–Crippen LogP) is 1.24. The first-order chi connectivity index (χ1) is 9.30. The number of carbonyl (C=O) groups excluding carboxylic acids is 1. The van der Waals surface area contributed by atoms with Crippen molar-refractivity contribution in [1.29, 1.82) is 0 Å². The number of methoxy groups -OCH3 is 1. The van der Waals surface area contributed by atoms with Gasteiger partial charge in [-0.05, 0) is 18.8 Å². The smallest absolute Gasteiger partial charge is 0.306 e. The molecular formula is C13H26N2O4S. The van der Waals surface area contributed by atoms with Crippen molar-refractivity contribution in [1.82, 2.24) is 8.61 Å². The van der Waals surface area contributed by atoms with Crippen LogP contribution in [0.1, 0.15) is 39.0 Å². The van der Waals surface area contributed by atoms with E-state index in [1.807, 2.05) is 0 Å². The Hall–Kier alpha value is -0.660. The van der Waals surface area contributed by atoms with Gasteiger partial charge in [0.25, 0.3) is 10.2 Å². The summed E-state index contributed by atoms with van der Waals surface area (Å²) in [5, 5.41) is 0. The average molecular weight is 306 g/mol. The van der Waals surface area contributed by atoms with Crippen LogP contribution in [0.4, 0.5) is 0 Å². The fourth-order valence-electron chi connectivity index (χ4n) is 2.69. The molecule has 1 aliphatic carbocycles. The second-order valence-electron chi connectivity index (χ2n) is 5.50. The molecule has 0 amide bonds. The van der Waals surface area contributed by atoms with E-state index in [4.69, 9.17) is 0 Å². The third-order valence-electron chi connectivity index (χ3n) is 4.15. The first-order valence-electron chi connectivity index (χ1n) is 7.06. The second kappa shape index (κ2) is 7.38. The summed E-state index contributed by atoms with van der Waals surface area (Å²) in [5.74, 6) is -0.0294. The molecule has 0 aromatic rings. The van der Waals surface area contributed by atoms with Gasteiger partial charge in [-0.25, -0.2) is 0 Å². The van der Waals surface area contributed by atoms with Crippen LogP contribution in [-0.2, 0) is 19.7 Å². The zero-order valence-electron chi connectivity index (χ0n) is 12.8. The molecule has 0 spiro atoms. The number of nitrogens with zero attached hydrogens (tertiary/aromatic N) is 2. The zero-order chi connectivity index (χ0) is 15.3. The molecule has 1 fully saturated rings. The van der Waals surface area contributed by atoms with E-state index in [0.717, 1.165) is 19.3 Å². The largest absolute Gasteiger partial charge is 0.469 e. The molecule has 1 saturated carbocycles. The van der Waals surface area contributed by atoms with Crippen molar-refractivity contribution in [3.63, 3.8) is 0 Å². The molecule has 0 N–H and O–H groups in total. The Balaban J connectivity index is 2.68. The molecule has 2 atom stereocenters. The number of hydrogen-bond acceptors (Lipinski definition) is 4. The molecule has 0 aromatic heterocycles. The van der Waals surface area contributed by atoms with Crippen molar-refractivity contribution in [2.45, 2.75) is 45.1 Å². The van der Waals surface area contributed by atoms with Crippen LogP contribution in [0.2, 0.25) is 0 Å².